The highest BCUT2D eigenvalue weighted by Crippen LogP contribution is 2.34. The Morgan fingerprint density at radius 1 is 1.31 bits per heavy atom. The van der Waals surface area contributed by atoms with Gasteiger partial charge in [0.05, 0.1) is 23.9 Å². The summed E-state index contributed by atoms with van der Waals surface area (Å²) < 4.78 is 54.4. The third-order valence-electron chi connectivity index (χ3n) is 6.69. The Bertz CT molecular complexity index is 1150. The molecule has 1 aromatic heterocycles. The SMILES string of the molecule is CCC(O)C1CN(C)C(=O)c2c3c(nn2C1)CC(C)N(C(=O)Nc1ccc(F)c(C(F)(F)F)c1)C3. The van der Waals surface area contributed by atoms with Crippen LogP contribution in [0.15, 0.2) is 18.2 Å². The van der Waals surface area contributed by atoms with Gasteiger partial charge in [-0.25, -0.2) is 9.18 Å². The number of carbonyl (C=O) groups excluding carboxylic acids is 2. The fourth-order valence-corrected chi connectivity index (χ4v) is 4.73. The van der Waals surface area contributed by atoms with Gasteiger partial charge in [0.1, 0.15) is 11.5 Å². The van der Waals surface area contributed by atoms with E-state index in [2.05, 4.69) is 10.4 Å². The number of amides is 3. The van der Waals surface area contributed by atoms with Crippen molar-refractivity contribution in [1.29, 1.82) is 0 Å². The molecule has 2 aromatic rings. The fourth-order valence-electron chi connectivity index (χ4n) is 4.73. The zero-order valence-electron chi connectivity index (χ0n) is 19.6. The highest BCUT2D eigenvalue weighted by Gasteiger charge is 2.38. The lowest BCUT2D eigenvalue weighted by molar-refractivity contribution is -0.139. The molecule has 0 aliphatic carbocycles. The molecular formula is C23H27F4N5O3. The van der Waals surface area contributed by atoms with Gasteiger partial charge in [-0.2, -0.15) is 18.3 Å². The van der Waals surface area contributed by atoms with Crippen molar-refractivity contribution in [2.45, 2.75) is 58.1 Å². The Kier molecular flexibility index (Phi) is 6.52. The van der Waals surface area contributed by atoms with Crippen molar-refractivity contribution in [3.05, 3.63) is 46.5 Å². The number of aromatic nitrogens is 2. The van der Waals surface area contributed by atoms with Gasteiger partial charge in [0, 0.05) is 49.8 Å². The molecule has 0 spiro atoms. The van der Waals surface area contributed by atoms with Crippen molar-refractivity contribution in [3.8, 4) is 0 Å². The van der Waals surface area contributed by atoms with Crippen LogP contribution in [0.25, 0.3) is 0 Å². The van der Waals surface area contributed by atoms with Gasteiger partial charge in [-0.1, -0.05) is 6.92 Å². The van der Waals surface area contributed by atoms with Gasteiger partial charge in [-0.3, -0.25) is 9.48 Å². The Morgan fingerprint density at radius 2 is 2.03 bits per heavy atom. The van der Waals surface area contributed by atoms with Crippen LogP contribution < -0.4 is 5.32 Å². The van der Waals surface area contributed by atoms with Gasteiger partial charge in [0.25, 0.3) is 5.91 Å². The van der Waals surface area contributed by atoms with E-state index in [9.17, 15) is 32.3 Å². The molecule has 0 fully saturated rings. The normalized spacial score (nSPS) is 21.3. The van der Waals surface area contributed by atoms with E-state index in [4.69, 9.17) is 0 Å². The van der Waals surface area contributed by atoms with Crippen molar-refractivity contribution in [3.63, 3.8) is 0 Å². The van der Waals surface area contributed by atoms with Gasteiger partial charge in [-0.15, -0.1) is 0 Å². The molecular weight excluding hydrogens is 470 g/mol. The first-order valence-corrected chi connectivity index (χ1v) is 11.4. The number of hydrogen-bond acceptors (Lipinski definition) is 4. The molecule has 3 unspecified atom stereocenters. The van der Waals surface area contributed by atoms with E-state index in [0.717, 1.165) is 6.07 Å². The molecule has 0 bridgehead atoms. The molecule has 2 aliphatic rings. The summed E-state index contributed by atoms with van der Waals surface area (Å²) in [6.45, 7) is 4.38. The van der Waals surface area contributed by atoms with Gasteiger partial charge in [0.15, 0.2) is 0 Å². The fraction of sp³-hybridized carbons (Fsp3) is 0.522. The van der Waals surface area contributed by atoms with Crippen molar-refractivity contribution in [2.75, 3.05) is 18.9 Å². The molecule has 0 saturated heterocycles. The van der Waals surface area contributed by atoms with E-state index in [1.165, 1.54) is 9.80 Å². The van der Waals surface area contributed by atoms with Crippen molar-refractivity contribution in [2.24, 2.45) is 5.92 Å². The molecule has 4 rings (SSSR count). The number of halogens is 4. The monoisotopic (exact) mass is 497 g/mol. The Balaban J connectivity index is 1.60. The number of benzene rings is 1. The molecule has 0 saturated carbocycles. The number of nitrogens with one attached hydrogen (secondary N) is 1. The number of hydrogen-bond donors (Lipinski definition) is 2. The van der Waals surface area contributed by atoms with Crippen molar-refractivity contribution < 1.29 is 32.3 Å². The van der Waals surface area contributed by atoms with E-state index in [-0.39, 0.29) is 30.1 Å². The summed E-state index contributed by atoms with van der Waals surface area (Å²) in [5.74, 6) is -1.90. The van der Waals surface area contributed by atoms with Crippen LogP contribution in [0.2, 0.25) is 0 Å². The summed E-state index contributed by atoms with van der Waals surface area (Å²) in [6, 6.07) is 1.25. The first kappa shape index (κ1) is 25.0. The smallest absolute Gasteiger partial charge is 0.393 e. The lowest BCUT2D eigenvalue weighted by Crippen LogP contribution is -2.45. The second-order valence-electron chi connectivity index (χ2n) is 9.18. The van der Waals surface area contributed by atoms with Gasteiger partial charge < -0.3 is 20.2 Å². The minimum Gasteiger partial charge on any atom is -0.393 e. The maximum absolute atomic E-state index is 13.6. The summed E-state index contributed by atoms with van der Waals surface area (Å²) in [4.78, 5) is 29.1. The number of rotatable bonds is 3. The quantitative estimate of drug-likeness (QED) is 0.636. The van der Waals surface area contributed by atoms with Crippen LogP contribution in [-0.2, 0) is 25.7 Å². The molecule has 0 radical (unpaired) electrons. The average Bonchev–Trinajstić information content (AvgIpc) is 3.07. The van der Waals surface area contributed by atoms with E-state index in [0.29, 0.717) is 55.0 Å². The molecule has 3 amide bonds. The number of alkyl halides is 3. The van der Waals surface area contributed by atoms with Crippen LogP contribution in [0.4, 0.5) is 28.0 Å². The summed E-state index contributed by atoms with van der Waals surface area (Å²) in [5, 5.41) is 17.4. The molecule has 2 N–H and O–H groups in total. The maximum Gasteiger partial charge on any atom is 0.419 e. The maximum atomic E-state index is 13.6. The molecule has 190 valence electrons. The van der Waals surface area contributed by atoms with E-state index in [1.807, 2.05) is 6.92 Å². The van der Waals surface area contributed by atoms with Crippen LogP contribution in [0.1, 0.15) is 47.6 Å². The second kappa shape index (κ2) is 9.14. The first-order valence-electron chi connectivity index (χ1n) is 11.4. The van der Waals surface area contributed by atoms with Crippen LogP contribution in [0.3, 0.4) is 0 Å². The third kappa shape index (κ3) is 4.71. The average molecular weight is 497 g/mol. The largest absolute Gasteiger partial charge is 0.419 e. The highest BCUT2D eigenvalue weighted by atomic mass is 19.4. The summed E-state index contributed by atoms with van der Waals surface area (Å²) in [5.41, 5.74) is -0.0616. The topological polar surface area (TPSA) is 90.7 Å². The zero-order chi connectivity index (χ0) is 25.7. The van der Waals surface area contributed by atoms with E-state index >= 15 is 0 Å². The second-order valence-corrected chi connectivity index (χ2v) is 9.18. The number of anilines is 1. The highest BCUT2D eigenvalue weighted by molar-refractivity contribution is 5.95. The summed E-state index contributed by atoms with van der Waals surface area (Å²) in [7, 11) is 1.65. The van der Waals surface area contributed by atoms with E-state index < -0.39 is 29.7 Å². The third-order valence-corrected chi connectivity index (χ3v) is 6.69. The molecule has 3 heterocycles. The number of nitrogens with zero attached hydrogens (tertiary/aromatic N) is 4. The van der Waals surface area contributed by atoms with Crippen LogP contribution in [0, 0.1) is 11.7 Å². The van der Waals surface area contributed by atoms with Gasteiger partial charge in [0.2, 0.25) is 0 Å². The molecule has 8 nitrogen and oxygen atoms in total. The predicted octanol–water partition coefficient (Wildman–Crippen LogP) is 3.49. The number of carbonyl (C=O) groups is 2. The molecule has 3 atom stereocenters. The Labute approximate surface area is 199 Å². The van der Waals surface area contributed by atoms with Crippen molar-refractivity contribution in [1.82, 2.24) is 19.6 Å². The Morgan fingerprint density at radius 3 is 2.69 bits per heavy atom. The molecule has 12 heteroatoms. The van der Waals surface area contributed by atoms with Crippen LogP contribution in [0.5, 0.6) is 0 Å². The number of fused-ring (bicyclic) bond motifs is 3. The van der Waals surface area contributed by atoms with Crippen molar-refractivity contribution >= 4 is 17.6 Å². The number of aliphatic hydroxyl groups is 1. The van der Waals surface area contributed by atoms with Crippen LogP contribution in [-0.4, -0.2) is 62.4 Å². The minimum atomic E-state index is -4.90. The summed E-state index contributed by atoms with van der Waals surface area (Å²) in [6.07, 6.45) is -4.62. The van der Waals surface area contributed by atoms with Gasteiger partial charge in [-0.05, 0) is 31.5 Å². The molecule has 1 aromatic carbocycles. The number of urea groups is 1. The predicted molar refractivity (Wildman–Crippen MR) is 118 cm³/mol. The lowest BCUT2D eigenvalue weighted by atomic mass is 9.99. The van der Waals surface area contributed by atoms with E-state index in [1.54, 1.807) is 18.7 Å². The zero-order valence-corrected chi connectivity index (χ0v) is 19.6. The Hall–Kier alpha value is -3.15. The molecule has 35 heavy (non-hydrogen) atoms. The lowest BCUT2D eigenvalue weighted by Gasteiger charge is -2.33. The van der Waals surface area contributed by atoms with Gasteiger partial charge >= 0.3 is 12.2 Å². The molecule has 2 aliphatic heterocycles. The standard InChI is InChI=1S/C23H27F4N5O3/c1-4-19(33)13-9-30(3)21(34)20-15-11-31(12(2)7-18(15)29-32(20)10-13)22(35)28-14-5-6-17(24)16(8-14)23(25,26)27/h5-6,8,12-13,19,33H,4,7,9-11H2,1-3H3,(H,28,35). The minimum absolute atomic E-state index is 0.0333. The summed E-state index contributed by atoms with van der Waals surface area (Å²) >= 11 is 0. The first-order chi connectivity index (χ1) is 16.4. The number of aliphatic hydroxyl groups excluding tert-OH is 1. The van der Waals surface area contributed by atoms with Crippen LogP contribution >= 0.6 is 0 Å².